The number of ether oxygens (including phenoxy) is 3. The van der Waals surface area contributed by atoms with Gasteiger partial charge in [-0.1, -0.05) is 11.8 Å². The number of benzene rings is 1. The van der Waals surface area contributed by atoms with Gasteiger partial charge in [-0.15, -0.1) is 0 Å². The molecule has 2 aliphatic rings. The van der Waals surface area contributed by atoms with Gasteiger partial charge in [-0.3, -0.25) is 14.7 Å². The summed E-state index contributed by atoms with van der Waals surface area (Å²) in [6, 6.07) is 6.80. The van der Waals surface area contributed by atoms with E-state index >= 15 is 0 Å². The smallest absolute Gasteiger partial charge is 0.266 e. The number of hydrogen-bond donors (Lipinski definition) is 2. The Bertz CT molecular complexity index is 1150. The van der Waals surface area contributed by atoms with Gasteiger partial charge in [0.1, 0.15) is 0 Å². The number of hydrogen-bond acceptors (Lipinski definition) is 8. The number of nitrogens with zero attached hydrogens (tertiary/aromatic N) is 3. The Morgan fingerprint density at radius 1 is 1.27 bits per heavy atom. The lowest BCUT2D eigenvalue weighted by atomic mass is 10.2. The second kappa shape index (κ2) is 8.00. The molecule has 0 spiro atoms. The van der Waals surface area contributed by atoms with Gasteiger partial charge < -0.3 is 19.5 Å². The monoisotopic (exact) mass is 429 g/mol. The number of nitrogens with one attached hydrogen (secondary N) is 2. The highest BCUT2D eigenvalue weighted by Gasteiger charge is 2.19. The molecule has 11 heteroatoms. The first kappa shape index (κ1) is 18.9. The van der Waals surface area contributed by atoms with Crippen molar-refractivity contribution in [2.45, 2.75) is 24.1 Å². The van der Waals surface area contributed by atoms with Crippen LogP contribution in [-0.2, 0) is 9.53 Å². The molecule has 1 saturated heterocycles. The van der Waals surface area contributed by atoms with Crippen molar-refractivity contribution < 1.29 is 19.0 Å². The molecular weight excluding hydrogens is 410 g/mol. The standard InChI is InChI=1S/C19H19N5O5S/c25-16-7-15-21-18(11-3-4-13-14(6-11)29-10-28-13)22-19(24(15)23-16)30-9-17(26)20-8-12-2-1-5-27-12/h3-4,6-7,12H,1-2,5,8-10H2,(H,20,26)(H,23,25)/t12-/m1/s1. The Morgan fingerprint density at radius 2 is 2.17 bits per heavy atom. The van der Waals surface area contributed by atoms with E-state index in [1.165, 1.54) is 22.3 Å². The van der Waals surface area contributed by atoms with Crippen molar-refractivity contribution in [1.29, 1.82) is 0 Å². The van der Waals surface area contributed by atoms with Crippen LogP contribution in [0.2, 0.25) is 0 Å². The number of fused-ring (bicyclic) bond motifs is 2. The van der Waals surface area contributed by atoms with Crippen LogP contribution in [-0.4, -0.2) is 57.3 Å². The van der Waals surface area contributed by atoms with E-state index in [9.17, 15) is 9.59 Å². The fourth-order valence-electron chi connectivity index (χ4n) is 3.36. The van der Waals surface area contributed by atoms with E-state index in [0.717, 1.165) is 25.0 Å². The summed E-state index contributed by atoms with van der Waals surface area (Å²) in [5.41, 5.74) is 0.849. The number of thioether (sulfide) groups is 1. The van der Waals surface area contributed by atoms with E-state index in [1.54, 1.807) is 12.1 Å². The number of aromatic amines is 1. The Kier molecular flexibility index (Phi) is 5.05. The van der Waals surface area contributed by atoms with Crippen molar-refractivity contribution in [2.24, 2.45) is 0 Å². The highest BCUT2D eigenvalue weighted by molar-refractivity contribution is 7.99. The largest absolute Gasteiger partial charge is 0.454 e. The second-order valence-corrected chi connectivity index (χ2v) is 7.88. The predicted octanol–water partition coefficient (Wildman–Crippen LogP) is 1.20. The molecule has 0 aliphatic carbocycles. The molecule has 0 radical (unpaired) electrons. The Labute approximate surface area is 174 Å². The highest BCUT2D eigenvalue weighted by atomic mass is 32.2. The molecule has 2 aliphatic heterocycles. The van der Waals surface area contributed by atoms with Crippen molar-refractivity contribution in [1.82, 2.24) is 24.9 Å². The fourth-order valence-corrected chi connectivity index (χ4v) is 4.14. The van der Waals surface area contributed by atoms with Gasteiger partial charge in [0.05, 0.1) is 11.9 Å². The topological polar surface area (TPSA) is 120 Å². The minimum Gasteiger partial charge on any atom is -0.454 e. The van der Waals surface area contributed by atoms with E-state index in [4.69, 9.17) is 14.2 Å². The van der Waals surface area contributed by atoms with Gasteiger partial charge in [0.25, 0.3) is 5.56 Å². The van der Waals surface area contributed by atoms with E-state index in [-0.39, 0.29) is 30.1 Å². The average molecular weight is 429 g/mol. The van der Waals surface area contributed by atoms with Crippen LogP contribution in [0.15, 0.2) is 34.2 Å². The van der Waals surface area contributed by atoms with Crippen molar-refractivity contribution in [3.63, 3.8) is 0 Å². The first-order chi connectivity index (χ1) is 14.7. The number of aromatic nitrogens is 4. The first-order valence-electron chi connectivity index (χ1n) is 9.57. The molecule has 1 fully saturated rings. The molecule has 4 heterocycles. The maximum absolute atomic E-state index is 12.3. The van der Waals surface area contributed by atoms with Gasteiger partial charge in [-0.05, 0) is 31.0 Å². The SMILES string of the molecule is O=C(CSc1nc(-c2ccc3c(c2)OCO3)nc2cc(=O)[nH]n12)NC[C@H]1CCCO1. The molecule has 30 heavy (non-hydrogen) atoms. The van der Waals surface area contributed by atoms with E-state index in [2.05, 4.69) is 20.4 Å². The zero-order chi connectivity index (χ0) is 20.5. The Balaban J connectivity index is 1.37. The van der Waals surface area contributed by atoms with Gasteiger partial charge in [0.2, 0.25) is 12.7 Å². The fraction of sp³-hybridized carbons (Fsp3) is 0.368. The quantitative estimate of drug-likeness (QED) is 0.561. The third kappa shape index (κ3) is 3.85. The summed E-state index contributed by atoms with van der Waals surface area (Å²) < 4.78 is 17.8. The molecule has 3 aromatic rings. The molecule has 1 atom stereocenters. The molecule has 1 amide bonds. The van der Waals surface area contributed by atoms with Gasteiger partial charge in [0.15, 0.2) is 28.1 Å². The van der Waals surface area contributed by atoms with E-state index < -0.39 is 0 Å². The van der Waals surface area contributed by atoms with Gasteiger partial charge in [0, 0.05) is 24.8 Å². The molecule has 156 valence electrons. The highest BCUT2D eigenvalue weighted by Crippen LogP contribution is 2.35. The van der Waals surface area contributed by atoms with Gasteiger partial charge in [-0.2, -0.15) is 0 Å². The number of H-pyrrole nitrogens is 1. The molecule has 5 rings (SSSR count). The number of carbonyl (C=O) groups excluding carboxylic acids is 1. The Morgan fingerprint density at radius 3 is 3.03 bits per heavy atom. The molecule has 10 nitrogen and oxygen atoms in total. The molecular formula is C19H19N5O5S. The van der Waals surface area contributed by atoms with E-state index in [0.29, 0.717) is 34.7 Å². The van der Waals surface area contributed by atoms with Crippen LogP contribution in [0.5, 0.6) is 11.5 Å². The third-order valence-electron chi connectivity index (χ3n) is 4.84. The van der Waals surface area contributed by atoms with Crippen molar-refractivity contribution >= 4 is 23.3 Å². The molecule has 2 aromatic heterocycles. The third-order valence-corrected chi connectivity index (χ3v) is 5.78. The second-order valence-electron chi connectivity index (χ2n) is 6.94. The zero-order valence-corrected chi connectivity index (χ0v) is 16.7. The summed E-state index contributed by atoms with van der Waals surface area (Å²) in [5.74, 6) is 1.73. The summed E-state index contributed by atoms with van der Waals surface area (Å²) >= 11 is 1.22. The number of carbonyl (C=O) groups is 1. The first-order valence-corrected chi connectivity index (χ1v) is 10.6. The van der Waals surface area contributed by atoms with Crippen molar-refractivity contribution in [2.75, 3.05) is 25.7 Å². The summed E-state index contributed by atoms with van der Waals surface area (Å²) in [4.78, 5) is 33.1. The average Bonchev–Trinajstić information content (AvgIpc) is 3.49. The van der Waals surface area contributed by atoms with Crippen molar-refractivity contribution in [3.8, 4) is 22.9 Å². The lowest BCUT2D eigenvalue weighted by molar-refractivity contribution is -0.119. The van der Waals surface area contributed by atoms with Crippen LogP contribution in [0.25, 0.3) is 17.0 Å². The maximum Gasteiger partial charge on any atom is 0.266 e. The van der Waals surface area contributed by atoms with Crippen LogP contribution >= 0.6 is 11.8 Å². The van der Waals surface area contributed by atoms with E-state index in [1.807, 2.05) is 6.07 Å². The predicted molar refractivity (Wildman–Crippen MR) is 108 cm³/mol. The molecule has 1 aromatic carbocycles. The minimum absolute atomic E-state index is 0.0862. The van der Waals surface area contributed by atoms with Crippen LogP contribution in [0, 0.1) is 0 Å². The maximum atomic E-state index is 12.3. The number of amides is 1. The van der Waals surface area contributed by atoms with Gasteiger partial charge >= 0.3 is 0 Å². The molecule has 0 saturated carbocycles. The number of rotatable bonds is 6. The summed E-state index contributed by atoms with van der Waals surface area (Å²) in [5, 5.41) is 6.01. The lowest BCUT2D eigenvalue weighted by Gasteiger charge is -2.11. The zero-order valence-electron chi connectivity index (χ0n) is 15.9. The summed E-state index contributed by atoms with van der Waals surface area (Å²) in [7, 11) is 0. The lowest BCUT2D eigenvalue weighted by Crippen LogP contribution is -2.33. The summed E-state index contributed by atoms with van der Waals surface area (Å²) in [6.45, 7) is 1.42. The molecule has 2 N–H and O–H groups in total. The van der Waals surface area contributed by atoms with Crippen LogP contribution < -0.4 is 20.3 Å². The van der Waals surface area contributed by atoms with Crippen molar-refractivity contribution in [3.05, 3.63) is 34.6 Å². The molecule has 0 bridgehead atoms. The molecule has 0 unspecified atom stereocenters. The minimum atomic E-state index is -0.295. The van der Waals surface area contributed by atoms with Crippen LogP contribution in [0.1, 0.15) is 12.8 Å². The Hall–Kier alpha value is -3.05. The van der Waals surface area contributed by atoms with Crippen LogP contribution in [0.3, 0.4) is 0 Å². The summed E-state index contributed by atoms with van der Waals surface area (Å²) in [6.07, 6.45) is 2.07. The van der Waals surface area contributed by atoms with Gasteiger partial charge in [-0.25, -0.2) is 14.5 Å². The normalized spacial score (nSPS) is 17.5. The van der Waals surface area contributed by atoms with Crippen LogP contribution in [0.4, 0.5) is 0 Å².